The van der Waals surface area contributed by atoms with Gasteiger partial charge < -0.3 is 4.90 Å². The van der Waals surface area contributed by atoms with Crippen LogP contribution in [-0.4, -0.2) is 70.4 Å². The van der Waals surface area contributed by atoms with E-state index in [1.807, 2.05) is 4.68 Å². The zero-order chi connectivity index (χ0) is 14.7. The van der Waals surface area contributed by atoms with Crippen LogP contribution in [0.15, 0.2) is 12.7 Å². The molecule has 1 aromatic heterocycles. The van der Waals surface area contributed by atoms with Gasteiger partial charge in [-0.2, -0.15) is 5.10 Å². The van der Waals surface area contributed by atoms with Crippen molar-refractivity contribution in [1.29, 1.82) is 0 Å². The van der Waals surface area contributed by atoms with Crippen LogP contribution in [0.1, 0.15) is 25.7 Å². The first-order chi connectivity index (χ1) is 10.2. The van der Waals surface area contributed by atoms with Crippen molar-refractivity contribution >= 4 is 10.0 Å². The SMILES string of the molecule is O=S(=O)(C1CCN(CCn2cncn2)CC1)N1CCCC1. The molecule has 0 aliphatic carbocycles. The van der Waals surface area contributed by atoms with E-state index < -0.39 is 10.0 Å². The van der Waals surface area contributed by atoms with Gasteiger partial charge >= 0.3 is 0 Å². The van der Waals surface area contributed by atoms with Gasteiger partial charge in [0, 0.05) is 19.6 Å². The van der Waals surface area contributed by atoms with Crippen molar-refractivity contribution in [1.82, 2.24) is 24.0 Å². The summed E-state index contributed by atoms with van der Waals surface area (Å²) in [4.78, 5) is 6.24. The van der Waals surface area contributed by atoms with Crippen molar-refractivity contribution in [2.75, 3.05) is 32.7 Å². The summed E-state index contributed by atoms with van der Waals surface area (Å²) in [6.45, 7) is 4.85. The number of sulfonamides is 1. The molecule has 0 aromatic carbocycles. The fourth-order valence-electron chi connectivity index (χ4n) is 3.18. The molecule has 21 heavy (non-hydrogen) atoms. The quantitative estimate of drug-likeness (QED) is 0.775. The van der Waals surface area contributed by atoms with E-state index >= 15 is 0 Å². The first kappa shape index (κ1) is 14.9. The largest absolute Gasteiger partial charge is 0.301 e. The summed E-state index contributed by atoms with van der Waals surface area (Å²) >= 11 is 0. The Bertz CT molecular complexity index is 531. The molecule has 0 atom stereocenters. The minimum absolute atomic E-state index is 0.182. The number of hydrogen-bond donors (Lipinski definition) is 0. The van der Waals surface area contributed by atoms with Crippen LogP contribution in [0.4, 0.5) is 0 Å². The fraction of sp³-hybridized carbons (Fsp3) is 0.846. The van der Waals surface area contributed by atoms with Gasteiger partial charge in [-0.15, -0.1) is 0 Å². The van der Waals surface area contributed by atoms with Gasteiger partial charge in [0.15, 0.2) is 0 Å². The zero-order valence-electron chi connectivity index (χ0n) is 12.3. The number of hydrogen-bond acceptors (Lipinski definition) is 5. The minimum atomic E-state index is -3.06. The minimum Gasteiger partial charge on any atom is -0.301 e. The topological polar surface area (TPSA) is 71.3 Å². The lowest BCUT2D eigenvalue weighted by Crippen LogP contribution is -2.45. The molecule has 118 valence electrons. The second kappa shape index (κ2) is 6.41. The summed E-state index contributed by atoms with van der Waals surface area (Å²) in [7, 11) is -3.06. The van der Waals surface area contributed by atoms with Gasteiger partial charge in [0.2, 0.25) is 10.0 Å². The van der Waals surface area contributed by atoms with Crippen LogP contribution in [-0.2, 0) is 16.6 Å². The van der Waals surface area contributed by atoms with Crippen molar-refractivity contribution in [2.45, 2.75) is 37.5 Å². The van der Waals surface area contributed by atoms with E-state index in [-0.39, 0.29) is 5.25 Å². The Morgan fingerprint density at radius 1 is 1.05 bits per heavy atom. The van der Waals surface area contributed by atoms with Gasteiger partial charge in [0.25, 0.3) is 0 Å². The summed E-state index contributed by atoms with van der Waals surface area (Å²) in [5.74, 6) is 0. The lowest BCUT2D eigenvalue weighted by molar-refractivity contribution is 0.217. The lowest BCUT2D eigenvalue weighted by Gasteiger charge is -2.33. The van der Waals surface area contributed by atoms with Crippen LogP contribution in [0.5, 0.6) is 0 Å². The van der Waals surface area contributed by atoms with Gasteiger partial charge in [-0.3, -0.25) is 4.68 Å². The third kappa shape index (κ3) is 3.44. The highest BCUT2D eigenvalue weighted by atomic mass is 32.2. The summed E-state index contributed by atoms with van der Waals surface area (Å²) in [5.41, 5.74) is 0. The summed E-state index contributed by atoms with van der Waals surface area (Å²) in [6.07, 6.45) is 6.76. The van der Waals surface area contributed by atoms with Crippen molar-refractivity contribution in [3.8, 4) is 0 Å². The number of likely N-dealkylation sites (tertiary alicyclic amines) is 1. The van der Waals surface area contributed by atoms with E-state index in [2.05, 4.69) is 15.0 Å². The average Bonchev–Trinajstić information content (AvgIpc) is 3.19. The Hall–Kier alpha value is -0.990. The smallest absolute Gasteiger partial charge is 0.217 e. The van der Waals surface area contributed by atoms with Gasteiger partial charge in [-0.1, -0.05) is 0 Å². The summed E-state index contributed by atoms with van der Waals surface area (Å²) < 4.78 is 28.6. The van der Waals surface area contributed by atoms with Crippen LogP contribution < -0.4 is 0 Å². The highest BCUT2D eigenvalue weighted by Crippen LogP contribution is 2.24. The second-order valence-electron chi connectivity index (χ2n) is 5.85. The molecule has 0 bridgehead atoms. The van der Waals surface area contributed by atoms with Crippen molar-refractivity contribution in [3.05, 3.63) is 12.7 Å². The highest BCUT2D eigenvalue weighted by Gasteiger charge is 2.35. The number of piperidine rings is 1. The predicted octanol–water partition coefficient (Wildman–Crippen LogP) is 0.168. The highest BCUT2D eigenvalue weighted by molar-refractivity contribution is 7.89. The van der Waals surface area contributed by atoms with Gasteiger partial charge in [0.05, 0.1) is 11.8 Å². The van der Waals surface area contributed by atoms with Gasteiger partial charge in [-0.25, -0.2) is 17.7 Å². The maximum atomic E-state index is 12.5. The molecule has 3 rings (SSSR count). The molecular weight excluding hydrogens is 290 g/mol. The molecule has 0 amide bonds. The zero-order valence-corrected chi connectivity index (χ0v) is 13.1. The molecule has 2 aliphatic rings. The fourth-order valence-corrected chi connectivity index (χ4v) is 5.17. The Labute approximate surface area is 126 Å². The first-order valence-electron chi connectivity index (χ1n) is 7.70. The maximum absolute atomic E-state index is 12.5. The van der Waals surface area contributed by atoms with Crippen molar-refractivity contribution in [2.24, 2.45) is 0 Å². The van der Waals surface area contributed by atoms with E-state index in [1.54, 1.807) is 10.6 Å². The lowest BCUT2D eigenvalue weighted by atomic mass is 10.1. The van der Waals surface area contributed by atoms with Crippen molar-refractivity contribution < 1.29 is 8.42 Å². The summed E-state index contributed by atoms with van der Waals surface area (Å²) in [6, 6.07) is 0. The predicted molar refractivity (Wildman–Crippen MR) is 79.2 cm³/mol. The number of aromatic nitrogens is 3. The molecular formula is C13H23N5O2S. The first-order valence-corrected chi connectivity index (χ1v) is 9.20. The second-order valence-corrected chi connectivity index (χ2v) is 8.06. The van der Waals surface area contributed by atoms with Gasteiger partial charge in [0.1, 0.15) is 12.7 Å². The van der Waals surface area contributed by atoms with E-state index in [0.717, 1.165) is 65.0 Å². The van der Waals surface area contributed by atoms with Gasteiger partial charge in [-0.05, 0) is 38.8 Å². The normalized spacial score (nSPS) is 22.9. The third-order valence-electron chi connectivity index (χ3n) is 4.49. The Kier molecular flexibility index (Phi) is 4.56. The molecule has 0 radical (unpaired) electrons. The van der Waals surface area contributed by atoms with Crippen LogP contribution in [0.25, 0.3) is 0 Å². The Morgan fingerprint density at radius 3 is 2.38 bits per heavy atom. The Morgan fingerprint density at radius 2 is 1.76 bits per heavy atom. The molecule has 0 N–H and O–H groups in total. The Balaban J connectivity index is 1.48. The monoisotopic (exact) mass is 313 g/mol. The molecule has 0 saturated carbocycles. The standard InChI is InChI=1S/C13H23N5O2S/c19-21(20,18-5-1-2-6-18)13-3-7-16(8-4-13)9-10-17-12-14-11-15-17/h11-13H,1-10H2. The summed E-state index contributed by atoms with van der Waals surface area (Å²) in [5, 5.41) is 3.90. The van der Waals surface area contributed by atoms with E-state index in [4.69, 9.17) is 0 Å². The molecule has 0 unspecified atom stereocenters. The maximum Gasteiger partial charge on any atom is 0.217 e. The number of nitrogens with zero attached hydrogens (tertiary/aromatic N) is 5. The third-order valence-corrected chi connectivity index (χ3v) is 6.89. The molecule has 8 heteroatoms. The van der Waals surface area contributed by atoms with E-state index in [1.165, 1.54) is 6.33 Å². The van der Waals surface area contributed by atoms with Crippen LogP contribution in [0.3, 0.4) is 0 Å². The molecule has 2 saturated heterocycles. The molecule has 7 nitrogen and oxygen atoms in total. The van der Waals surface area contributed by atoms with Crippen molar-refractivity contribution in [3.63, 3.8) is 0 Å². The molecule has 0 spiro atoms. The molecule has 2 aliphatic heterocycles. The van der Waals surface area contributed by atoms with E-state index in [9.17, 15) is 8.42 Å². The average molecular weight is 313 g/mol. The number of rotatable bonds is 5. The molecule has 3 heterocycles. The van der Waals surface area contributed by atoms with Crippen LogP contribution in [0.2, 0.25) is 0 Å². The molecule has 2 fully saturated rings. The molecule has 1 aromatic rings. The van der Waals surface area contributed by atoms with Crippen LogP contribution >= 0.6 is 0 Å². The van der Waals surface area contributed by atoms with Crippen LogP contribution in [0, 0.1) is 0 Å². The van der Waals surface area contributed by atoms with E-state index in [0.29, 0.717) is 0 Å².